The maximum atomic E-state index is 11.2. The van der Waals surface area contributed by atoms with Gasteiger partial charge >= 0.3 is 0 Å². The van der Waals surface area contributed by atoms with Crippen molar-refractivity contribution in [2.75, 3.05) is 13.3 Å². The van der Waals surface area contributed by atoms with Crippen molar-refractivity contribution in [3.05, 3.63) is 35.9 Å². The Labute approximate surface area is 71.1 Å². The Morgan fingerprint density at radius 1 is 1.33 bits per heavy atom. The molecule has 0 atom stereocenters. The smallest absolute Gasteiger partial charge is 0.188 e. The summed E-state index contributed by atoms with van der Waals surface area (Å²) in [6.07, 6.45) is 0. The lowest BCUT2D eigenvalue weighted by Crippen LogP contribution is -2.13. The average Bonchev–Trinajstić information content (AvgIpc) is 2.15. The van der Waals surface area contributed by atoms with Crippen molar-refractivity contribution in [3.63, 3.8) is 0 Å². The van der Waals surface area contributed by atoms with Gasteiger partial charge in [-0.3, -0.25) is 4.79 Å². The van der Waals surface area contributed by atoms with Gasteiger partial charge in [-0.25, -0.2) is 0 Å². The van der Waals surface area contributed by atoms with Crippen molar-refractivity contribution in [1.29, 1.82) is 0 Å². The SMILES string of the molecule is NCOCC(=O)c1ccccc1. The fourth-order valence-corrected chi connectivity index (χ4v) is 0.859. The summed E-state index contributed by atoms with van der Waals surface area (Å²) in [5.41, 5.74) is 5.74. The summed E-state index contributed by atoms with van der Waals surface area (Å²) < 4.78 is 4.78. The van der Waals surface area contributed by atoms with E-state index in [0.717, 1.165) is 0 Å². The molecule has 0 aliphatic heterocycles. The summed E-state index contributed by atoms with van der Waals surface area (Å²) in [4.78, 5) is 11.2. The standard InChI is InChI=1S/C9H11NO2/c10-7-12-6-9(11)8-4-2-1-3-5-8/h1-5H,6-7,10H2. The van der Waals surface area contributed by atoms with Crippen LogP contribution < -0.4 is 5.73 Å². The monoisotopic (exact) mass is 165 g/mol. The van der Waals surface area contributed by atoms with Crippen LogP contribution in [0.25, 0.3) is 0 Å². The van der Waals surface area contributed by atoms with Crippen molar-refractivity contribution < 1.29 is 9.53 Å². The number of carbonyl (C=O) groups is 1. The summed E-state index contributed by atoms with van der Waals surface area (Å²) >= 11 is 0. The highest BCUT2D eigenvalue weighted by Crippen LogP contribution is 1.99. The third-order valence-corrected chi connectivity index (χ3v) is 1.45. The van der Waals surface area contributed by atoms with E-state index in [0.29, 0.717) is 5.56 Å². The number of nitrogens with two attached hydrogens (primary N) is 1. The van der Waals surface area contributed by atoms with Crippen molar-refractivity contribution in [2.45, 2.75) is 0 Å². The Morgan fingerprint density at radius 2 is 2.00 bits per heavy atom. The summed E-state index contributed by atoms with van der Waals surface area (Å²) in [5, 5.41) is 0. The third-order valence-electron chi connectivity index (χ3n) is 1.45. The van der Waals surface area contributed by atoms with Gasteiger partial charge in [0.05, 0.1) is 6.73 Å². The van der Waals surface area contributed by atoms with Gasteiger partial charge in [0.25, 0.3) is 0 Å². The quantitative estimate of drug-likeness (QED) is 0.530. The minimum Gasteiger partial charge on any atom is -0.358 e. The van der Waals surface area contributed by atoms with Crippen LogP contribution in [0.3, 0.4) is 0 Å². The largest absolute Gasteiger partial charge is 0.358 e. The molecule has 3 nitrogen and oxygen atoms in total. The molecule has 1 aromatic rings. The summed E-state index contributed by atoms with van der Waals surface area (Å²) in [5.74, 6) is -0.0407. The van der Waals surface area contributed by atoms with Crippen molar-refractivity contribution in [1.82, 2.24) is 0 Å². The number of hydrogen-bond donors (Lipinski definition) is 1. The first kappa shape index (κ1) is 8.90. The van der Waals surface area contributed by atoms with Crippen LogP contribution in [0.2, 0.25) is 0 Å². The van der Waals surface area contributed by atoms with Gasteiger partial charge in [-0.2, -0.15) is 0 Å². The molecule has 64 valence electrons. The summed E-state index contributed by atoms with van der Waals surface area (Å²) in [6, 6.07) is 9.00. The van der Waals surface area contributed by atoms with Gasteiger partial charge in [-0.05, 0) is 0 Å². The molecule has 0 saturated heterocycles. The molecular formula is C9H11NO2. The minimum absolute atomic E-state index is 0.0407. The second-order valence-electron chi connectivity index (χ2n) is 2.30. The van der Waals surface area contributed by atoms with E-state index in [-0.39, 0.29) is 19.1 Å². The Hall–Kier alpha value is -1.19. The zero-order chi connectivity index (χ0) is 8.81. The number of benzene rings is 1. The third kappa shape index (κ3) is 2.45. The molecule has 12 heavy (non-hydrogen) atoms. The fraction of sp³-hybridized carbons (Fsp3) is 0.222. The number of Topliss-reactive ketones (excluding diaryl/α,β-unsaturated/α-hetero) is 1. The number of hydrogen-bond acceptors (Lipinski definition) is 3. The van der Waals surface area contributed by atoms with Gasteiger partial charge in [0.2, 0.25) is 0 Å². The summed E-state index contributed by atoms with van der Waals surface area (Å²) in [7, 11) is 0. The maximum Gasteiger partial charge on any atom is 0.188 e. The van der Waals surface area contributed by atoms with Crippen LogP contribution in [-0.4, -0.2) is 19.1 Å². The van der Waals surface area contributed by atoms with Crippen molar-refractivity contribution in [2.24, 2.45) is 5.73 Å². The Bertz CT molecular complexity index is 246. The van der Waals surface area contributed by atoms with E-state index in [2.05, 4.69) is 0 Å². The molecular weight excluding hydrogens is 154 g/mol. The molecule has 0 spiro atoms. The molecule has 0 aliphatic rings. The Kier molecular flexibility index (Phi) is 3.44. The Morgan fingerprint density at radius 3 is 2.58 bits per heavy atom. The van der Waals surface area contributed by atoms with E-state index < -0.39 is 0 Å². The lowest BCUT2D eigenvalue weighted by Gasteiger charge is -1.99. The molecule has 0 unspecified atom stereocenters. The van der Waals surface area contributed by atoms with Crippen molar-refractivity contribution in [3.8, 4) is 0 Å². The van der Waals surface area contributed by atoms with Gasteiger partial charge in [0.15, 0.2) is 5.78 Å². The molecule has 0 saturated carbocycles. The number of ether oxygens (including phenoxy) is 1. The highest BCUT2D eigenvalue weighted by atomic mass is 16.5. The molecule has 0 heterocycles. The second-order valence-corrected chi connectivity index (χ2v) is 2.30. The zero-order valence-corrected chi connectivity index (χ0v) is 6.69. The van der Waals surface area contributed by atoms with E-state index in [1.807, 2.05) is 18.2 Å². The zero-order valence-electron chi connectivity index (χ0n) is 6.69. The number of ketones is 1. The van der Waals surface area contributed by atoms with Gasteiger partial charge in [-0.15, -0.1) is 0 Å². The minimum atomic E-state index is -0.0407. The van der Waals surface area contributed by atoms with Crippen LogP contribution in [0, 0.1) is 0 Å². The topological polar surface area (TPSA) is 52.3 Å². The molecule has 2 N–H and O–H groups in total. The molecule has 0 amide bonds. The molecule has 1 rings (SSSR count). The van der Waals surface area contributed by atoms with Crippen LogP contribution in [-0.2, 0) is 4.74 Å². The van der Waals surface area contributed by atoms with Crippen LogP contribution in [0.5, 0.6) is 0 Å². The molecule has 3 heteroatoms. The van der Waals surface area contributed by atoms with E-state index in [9.17, 15) is 4.79 Å². The van der Waals surface area contributed by atoms with Crippen LogP contribution >= 0.6 is 0 Å². The maximum absolute atomic E-state index is 11.2. The highest BCUT2D eigenvalue weighted by Gasteiger charge is 2.02. The van der Waals surface area contributed by atoms with Crippen molar-refractivity contribution >= 4 is 5.78 Å². The first-order valence-electron chi connectivity index (χ1n) is 3.70. The summed E-state index contributed by atoms with van der Waals surface area (Å²) in [6.45, 7) is 0.138. The predicted molar refractivity (Wildman–Crippen MR) is 45.8 cm³/mol. The van der Waals surface area contributed by atoms with E-state index in [1.54, 1.807) is 12.1 Å². The molecule has 0 fully saturated rings. The highest BCUT2D eigenvalue weighted by molar-refractivity contribution is 5.96. The van der Waals surface area contributed by atoms with Crippen LogP contribution in [0.15, 0.2) is 30.3 Å². The van der Waals surface area contributed by atoms with Crippen LogP contribution in [0.4, 0.5) is 0 Å². The molecule has 0 bridgehead atoms. The lowest BCUT2D eigenvalue weighted by atomic mass is 10.1. The van der Waals surface area contributed by atoms with Gasteiger partial charge < -0.3 is 10.5 Å². The van der Waals surface area contributed by atoms with Gasteiger partial charge in [0, 0.05) is 5.56 Å². The predicted octanol–water partition coefficient (Wildman–Crippen LogP) is 0.802. The van der Waals surface area contributed by atoms with E-state index >= 15 is 0 Å². The van der Waals surface area contributed by atoms with E-state index in [4.69, 9.17) is 10.5 Å². The first-order chi connectivity index (χ1) is 5.84. The van der Waals surface area contributed by atoms with Gasteiger partial charge in [-0.1, -0.05) is 30.3 Å². The van der Waals surface area contributed by atoms with Gasteiger partial charge in [0.1, 0.15) is 6.61 Å². The molecule has 0 radical (unpaired) electrons. The van der Waals surface area contributed by atoms with Crippen LogP contribution in [0.1, 0.15) is 10.4 Å². The Balaban J connectivity index is 2.54. The molecule has 0 aromatic heterocycles. The number of rotatable bonds is 4. The average molecular weight is 165 g/mol. The molecule has 1 aromatic carbocycles. The van der Waals surface area contributed by atoms with E-state index in [1.165, 1.54) is 0 Å². The number of carbonyl (C=O) groups excluding carboxylic acids is 1. The second kappa shape index (κ2) is 4.64. The normalized spacial score (nSPS) is 9.75. The first-order valence-corrected chi connectivity index (χ1v) is 3.70. The fourth-order valence-electron chi connectivity index (χ4n) is 0.859. The lowest BCUT2D eigenvalue weighted by molar-refractivity contribution is 0.0772. The molecule has 0 aliphatic carbocycles.